The van der Waals surface area contributed by atoms with Crippen LogP contribution in [0, 0.1) is 19.7 Å². The molecule has 0 aliphatic rings. The van der Waals surface area contributed by atoms with Crippen LogP contribution in [0.1, 0.15) is 21.6 Å². The number of nitrogens with one attached hydrogen (secondary N) is 1. The number of halogens is 1. The van der Waals surface area contributed by atoms with Crippen LogP contribution in [0.5, 0.6) is 0 Å². The molecule has 0 radical (unpaired) electrons. The van der Waals surface area contributed by atoms with Crippen molar-refractivity contribution >= 4 is 11.7 Å². The molecule has 0 aliphatic heterocycles. The maximum atomic E-state index is 13.3. The van der Waals surface area contributed by atoms with E-state index in [9.17, 15) is 9.18 Å². The van der Waals surface area contributed by atoms with E-state index in [-0.39, 0.29) is 11.7 Å². The molecule has 1 N–H and O–H groups in total. The maximum absolute atomic E-state index is 13.3. The fraction of sp³-hybridized carbons (Fsp3) is 0.0769. The number of rotatable bonds is 5. The van der Waals surface area contributed by atoms with Crippen LogP contribution in [0.4, 0.5) is 10.2 Å². The van der Waals surface area contributed by atoms with Gasteiger partial charge in [-0.2, -0.15) is 5.10 Å². The van der Waals surface area contributed by atoms with Gasteiger partial charge in [0.1, 0.15) is 11.6 Å². The van der Waals surface area contributed by atoms with Gasteiger partial charge in [-0.15, -0.1) is 10.2 Å². The van der Waals surface area contributed by atoms with Crippen molar-refractivity contribution in [3.8, 4) is 28.6 Å². The lowest BCUT2D eigenvalue weighted by Crippen LogP contribution is -2.15. The van der Waals surface area contributed by atoms with E-state index in [1.54, 1.807) is 47.1 Å². The summed E-state index contributed by atoms with van der Waals surface area (Å²) in [5.41, 5.74) is 4.50. The predicted molar refractivity (Wildman–Crippen MR) is 126 cm³/mol. The third kappa shape index (κ3) is 4.33. The molecule has 5 rings (SSSR count). The first-order valence-corrected chi connectivity index (χ1v) is 10.6. The predicted octanol–water partition coefficient (Wildman–Crippen LogP) is 5.60. The third-order valence-corrected chi connectivity index (χ3v) is 5.26. The van der Waals surface area contributed by atoms with Crippen LogP contribution < -0.4 is 5.32 Å². The van der Waals surface area contributed by atoms with Crippen molar-refractivity contribution in [2.45, 2.75) is 13.8 Å². The molecule has 1 amide bonds. The van der Waals surface area contributed by atoms with Crippen LogP contribution in [0.3, 0.4) is 0 Å². The van der Waals surface area contributed by atoms with Gasteiger partial charge in [0.05, 0.1) is 11.4 Å². The SMILES string of the molecule is Cc1ccc(-c2nnc(-c3ccc(C(=O)Nc4cc(C)nn4-c4ccc(F)cc4)cc3)o2)cc1. The van der Waals surface area contributed by atoms with E-state index >= 15 is 0 Å². The molecule has 2 aromatic heterocycles. The average Bonchev–Trinajstić information content (AvgIpc) is 3.47. The molecule has 0 spiro atoms. The summed E-state index contributed by atoms with van der Waals surface area (Å²) in [6, 6.07) is 22.3. The Balaban J connectivity index is 1.33. The highest BCUT2D eigenvalue weighted by Crippen LogP contribution is 2.25. The van der Waals surface area contributed by atoms with E-state index in [1.165, 1.54) is 12.1 Å². The van der Waals surface area contributed by atoms with Crippen molar-refractivity contribution in [3.05, 3.63) is 102 Å². The van der Waals surface area contributed by atoms with Crippen molar-refractivity contribution in [2.75, 3.05) is 5.32 Å². The van der Waals surface area contributed by atoms with Crippen molar-refractivity contribution < 1.29 is 13.6 Å². The van der Waals surface area contributed by atoms with Gasteiger partial charge in [-0.3, -0.25) is 4.79 Å². The normalized spacial score (nSPS) is 10.9. The Morgan fingerprint density at radius 3 is 2.06 bits per heavy atom. The standard InChI is InChI=1S/C26H20FN5O2/c1-16-3-5-19(6-4-16)25-29-30-26(34-25)20-9-7-18(8-10-20)24(33)28-23-15-17(2)31-32(23)22-13-11-21(27)12-14-22/h3-15H,1-2H3,(H,28,33). The van der Waals surface area contributed by atoms with Crippen molar-refractivity contribution in [1.29, 1.82) is 0 Å². The fourth-order valence-corrected chi connectivity index (χ4v) is 3.47. The van der Waals surface area contributed by atoms with Gasteiger partial charge in [-0.1, -0.05) is 17.7 Å². The summed E-state index contributed by atoms with van der Waals surface area (Å²) in [4.78, 5) is 12.9. The van der Waals surface area contributed by atoms with Gasteiger partial charge < -0.3 is 9.73 Å². The number of aryl methyl sites for hydroxylation is 2. The van der Waals surface area contributed by atoms with Gasteiger partial charge in [-0.25, -0.2) is 9.07 Å². The number of carbonyl (C=O) groups excluding carboxylic acids is 1. The molecule has 8 heteroatoms. The highest BCUT2D eigenvalue weighted by Gasteiger charge is 2.15. The van der Waals surface area contributed by atoms with E-state index in [4.69, 9.17) is 4.42 Å². The molecule has 0 saturated carbocycles. The molecular weight excluding hydrogens is 433 g/mol. The molecule has 5 aromatic rings. The molecule has 7 nitrogen and oxygen atoms in total. The second kappa shape index (κ2) is 8.74. The first kappa shape index (κ1) is 21.3. The smallest absolute Gasteiger partial charge is 0.256 e. The molecule has 34 heavy (non-hydrogen) atoms. The van der Waals surface area contributed by atoms with Gasteiger partial charge in [-0.05, 0) is 74.5 Å². The number of nitrogens with zero attached hydrogens (tertiary/aromatic N) is 4. The van der Waals surface area contributed by atoms with Crippen molar-refractivity contribution in [3.63, 3.8) is 0 Å². The van der Waals surface area contributed by atoms with E-state index in [0.717, 1.165) is 16.8 Å². The molecular formula is C26H20FN5O2. The fourth-order valence-electron chi connectivity index (χ4n) is 3.47. The quantitative estimate of drug-likeness (QED) is 0.375. The number of anilines is 1. The van der Waals surface area contributed by atoms with Crippen LogP contribution in [-0.2, 0) is 0 Å². The van der Waals surface area contributed by atoms with Crippen molar-refractivity contribution in [1.82, 2.24) is 20.0 Å². The number of hydrogen-bond donors (Lipinski definition) is 1. The summed E-state index contributed by atoms with van der Waals surface area (Å²) in [7, 11) is 0. The Hall–Kier alpha value is -4.59. The third-order valence-electron chi connectivity index (χ3n) is 5.26. The first-order valence-electron chi connectivity index (χ1n) is 10.6. The van der Waals surface area contributed by atoms with Crippen molar-refractivity contribution in [2.24, 2.45) is 0 Å². The molecule has 0 aliphatic carbocycles. The topological polar surface area (TPSA) is 85.8 Å². The number of hydrogen-bond acceptors (Lipinski definition) is 5. The monoisotopic (exact) mass is 453 g/mol. The lowest BCUT2D eigenvalue weighted by atomic mass is 10.1. The summed E-state index contributed by atoms with van der Waals surface area (Å²) in [6.45, 7) is 3.83. The summed E-state index contributed by atoms with van der Waals surface area (Å²) in [6.07, 6.45) is 0. The minimum Gasteiger partial charge on any atom is -0.416 e. The lowest BCUT2D eigenvalue weighted by Gasteiger charge is -2.09. The minimum atomic E-state index is -0.342. The van der Waals surface area contributed by atoms with Gasteiger partial charge in [0.25, 0.3) is 5.91 Å². The van der Waals surface area contributed by atoms with E-state index in [2.05, 4.69) is 20.6 Å². The maximum Gasteiger partial charge on any atom is 0.256 e. The Morgan fingerprint density at radius 1 is 0.853 bits per heavy atom. The summed E-state index contributed by atoms with van der Waals surface area (Å²) in [5, 5.41) is 15.5. The molecule has 2 heterocycles. The molecule has 0 atom stereocenters. The van der Waals surface area contributed by atoms with E-state index in [0.29, 0.717) is 34.4 Å². The van der Waals surface area contributed by atoms with Gasteiger partial charge in [0.15, 0.2) is 0 Å². The molecule has 3 aromatic carbocycles. The highest BCUT2D eigenvalue weighted by atomic mass is 19.1. The summed E-state index contributed by atoms with van der Waals surface area (Å²) >= 11 is 0. The summed E-state index contributed by atoms with van der Waals surface area (Å²) in [5.74, 6) is 0.637. The molecule has 168 valence electrons. The largest absolute Gasteiger partial charge is 0.416 e. The van der Waals surface area contributed by atoms with Gasteiger partial charge >= 0.3 is 0 Å². The minimum absolute atomic E-state index is 0.305. The Morgan fingerprint density at radius 2 is 1.44 bits per heavy atom. The van der Waals surface area contributed by atoms with Gasteiger partial charge in [0.2, 0.25) is 11.8 Å². The molecule has 0 bridgehead atoms. The average molecular weight is 453 g/mol. The van der Waals surface area contributed by atoms with Crippen LogP contribution >= 0.6 is 0 Å². The van der Waals surface area contributed by atoms with Crippen LogP contribution in [-0.4, -0.2) is 25.9 Å². The van der Waals surface area contributed by atoms with Crippen LogP contribution in [0.2, 0.25) is 0 Å². The highest BCUT2D eigenvalue weighted by molar-refractivity contribution is 6.04. The van der Waals surface area contributed by atoms with Gasteiger partial charge in [0, 0.05) is 22.8 Å². The number of benzene rings is 3. The Labute approximate surface area is 194 Å². The second-order valence-corrected chi connectivity index (χ2v) is 7.87. The van der Waals surface area contributed by atoms with Crippen LogP contribution in [0.25, 0.3) is 28.6 Å². The lowest BCUT2D eigenvalue weighted by molar-refractivity contribution is 0.102. The van der Waals surface area contributed by atoms with Crippen LogP contribution in [0.15, 0.2) is 83.3 Å². The van der Waals surface area contributed by atoms with E-state index < -0.39 is 0 Å². The number of amides is 1. The molecule has 0 saturated heterocycles. The first-order chi connectivity index (χ1) is 16.5. The Kier molecular flexibility index (Phi) is 5.47. The molecule has 0 fully saturated rings. The van der Waals surface area contributed by atoms with E-state index in [1.807, 2.05) is 38.1 Å². The zero-order valence-corrected chi connectivity index (χ0v) is 18.5. The molecule has 0 unspecified atom stereocenters. The number of aromatic nitrogens is 4. The number of carbonyl (C=O) groups is 1. The second-order valence-electron chi connectivity index (χ2n) is 7.87. The Bertz CT molecular complexity index is 1450. The zero-order chi connectivity index (χ0) is 23.7. The zero-order valence-electron chi connectivity index (χ0n) is 18.5. The summed E-state index contributed by atoms with van der Waals surface area (Å²) < 4.78 is 20.7.